The van der Waals surface area contributed by atoms with Gasteiger partial charge in [0.25, 0.3) is 5.91 Å². The molecule has 3 heterocycles. The maximum atomic E-state index is 12.8. The number of rotatable bonds is 4. The van der Waals surface area contributed by atoms with Crippen molar-refractivity contribution in [2.24, 2.45) is 0 Å². The van der Waals surface area contributed by atoms with Crippen molar-refractivity contribution < 1.29 is 4.79 Å². The third-order valence-corrected chi connectivity index (χ3v) is 4.95. The zero-order chi connectivity index (χ0) is 19.3. The molecule has 0 N–H and O–H groups in total. The van der Waals surface area contributed by atoms with Crippen molar-refractivity contribution in [3.05, 3.63) is 66.5 Å². The molecular formula is C21H22N6O. The maximum absolute atomic E-state index is 12.8. The second-order valence-electron chi connectivity index (χ2n) is 6.67. The predicted octanol–water partition coefficient (Wildman–Crippen LogP) is 2.46. The van der Waals surface area contributed by atoms with Crippen LogP contribution in [0.5, 0.6) is 0 Å². The zero-order valence-corrected chi connectivity index (χ0v) is 15.8. The third kappa shape index (κ3) is 3.83. The second kappa shape index (κ2) is 8.12. The van der Waals surface area contributed by atoms with E-state index in [4.69, 9.17) is 0 Å². The average Bonchev–Trinajstić information content (AvgIpc) is 2.79. The van der Waals surface area contributed by atoms with E-state index >= 15 is 0 Å². The molecule has 1 fully saturated rings. The molecular weight excluding hydrogens is 352 g/mol. The fourth-order valence-electron chi connectivity index (χ4n) is 3.30. The fraction of sp³-hybridized carbons (Fsp3) is 0.286. The number of anilines is 1. The first-order valence-electron chi connectivity index (χ1n) is 9.46. The van der Waals surface area contributed by atoms with Gasteiger partial charge in [0.15, 0.2) is 0 Å². The standard InChI is InChI=1S/C21H22N6O/c1-2-18-13-20(25-15-24-18)26-9-11-27(12-10-26)21(28)17-5-3-16(4-6-17)19-14-22-7-8-23-19/h3-8,13-15H,2,9-12H2,1H3. The topological polar surface area (TPSA) is 75.1 Å². The van der Waals surface area contributed by atoms with E-state index in [9.17, 15) is 4.79 Å². The van der Waals surface area contributed by atoms with Gasteiger partial charge in [0.1, 0.15) is 12.1 Å². The van der Waals surface area contributed by atoms with E-state index in [0.29, 0.717) is 18.7 Å². The Morgan fingerprint density at radius 2 is 1.79 bits per heavy atom. The SMILES string of the molecule is CCc1cc(N2CCN(C(=O)c3ccc(-c4cnccn4)cc3)CC2)ncn1. The summed E-state index contributed by atoms with van der Waals surface area (Å²) in [5.41, 5.74) is 3.47. The van der Waals surface area contributed by atoms with Crippen LogP contribution in [0.4, 0.5) is 5.82 Å². The van der Waals surface area contributed by atoms with Crippen molar-refractivity contribution in [1.82, 2.24) is 24.8 Å². The fourth-order valence-corrected chi connectivity index (χ4v) is 3.30. The Hall–Kier alpha value is -3.35. The van der Waals surface area contributed by atoms with Crippen LogP contribution >= 0.6 is 0 Å². The minimum absolute atomic E-state index is 0.0577. The molecule has 0 radical (unpaired) electrons. The molecule has 4 rings (SSSR count). The summed E-state index contributed by atoms with van der Waals surface area (Å²) >= 11 is 0. The molecule has 0 atom stereocenters. The van der Waals surface area contributed by atoms with Gasteiger partial charge < -0.3 is 9.80 Å². The third-order valence-electron chi connectivity index (χ3n) is 4.95. The Bertz CT molecular complexity index is 937. The van der Waals surface area contributed by atoms with Gasteiger partial charge in [0, 0.05) is 61.5 Å². The highest BCUT2D eigenvalue weighted by molar-refractivity contribution is 5.94. The van der Waals surface area contributed by atoms with Gasteiger partial charge in [0.05, 0.1) is 11.9 Å². The average molecular weight is 374 g/mol. The molecule has 0 aliphatic carbocycles. The molecule has 7 heteroatoms. The molecule has 3 aromatic rings. The first-order valence-corrected chi connectivity index (χ1v) is 9.46. The van der Waals surface area contributed by atoms with Crippen LogP contribution in [0.15, 0.2) is 55.2 Å². The Morgan fingerprint density at radius 3 is 2.46 bits per heavy atom. The summed E-state index contributed by atoms with van der Waals surface area (Å²) in [5, 5.41) is 0. The van der Waals surface area contributed by atoms with Crippen LogP contribution in [-0.2, 0) is 6.42 Å². The molecule has 1 aromatic carbocycles. The summed E-state index contributed by atoms with van der Waals surface area (Å²) in [7, 11) is 0. The van der Waals surface area contributed by atoms with Gasteiger partial charge in [-0.3, -0.25) is 14.8 Å². The highest BCUT2D eigenvalue weighted by Gasteiger charge is 2.23. The Kier molecular flexibility index (Phi) is 5.23. The van der Waals surface area contributed by atoms with E-state index in [1.165, 1.54) is 0 Å². The van der Waals surface area contributed by atoms with E-state index in [1.54, 1.807) is 24.9 Å². The van der Waals surface area contributed by atoms with Gasteiger partial charge in [-0.05, 0) is 18.6 Å². The number of aryl methyl sites for hydroxylation is 1. The van der Waals surface area contributed by atoms with Crippen LogP contribution in [0, 0.1) is 0 Å². The second-order valence-corrected chi connectivity index (χ2v) is 6.67. The molecule has 28 heavy (non-hydrogen) atoms. The summed E-state index contributed by atoms with van der Waals surface area (Å²) in [6.45, 7) is 4.97. The van der Waals surface area contributed by atoms with Crippen molar-refractivity contribution in [3.8, 4) is 11.3 Å². The molecule has 2 aromatic heterocycles. The molecule has 1 aliphatic rings. The summed E-state index contributed by atoms with van der Waals surface area (Å²) in [6, 6.07) is 9.58. The minimum atomic E-state index is 0.0577. The first-order chi connectivity index (χ1) is 13.7. The van der Waals surface area contributed by atoms with Crippen LogP contribution in [0.2, 0.25) is 0 Å². The van der Waals surface area contributed by atoms with E-state index in [-0.39, 0.29) is 5.91 Å². The first kappa shape index (κ1) is 18.0. The van der Waals surface area contributed by atoms with Crippen molar-refractivity contribution in [2.75, 3.05) is 31.1 Å². The highest BCUT2D eigenvalue weighted by Crippen LogP contribution is 2.19. The minimum Gasteiger partial charge on any atom is -0.353 e. The largest absolute Gasteiger partial charge is 0.353 e. The number of carbonyl (C=O) groups is 1. The van der Waals surface area contributed by atoms with Gasteiger partial charge >= 0.3 is 0 Å². The summed E-state index contributed by atoms with van der Waals surface area (Å²) < 4.78 is 0. The van der Waals surface area contributed by atoms with Gasteiger partial charge in [-0.25, -0.2) is 9.97 Å². The highest BCUT2D eigenvalue weighted by atomic mass is 16.2. The molecule has 142 valence electrons. The van der Waals surface area contributed by atoms with Gasteiger partial charge in [-0.15, -0.1) is 0 Å². The molecule has 1 saturated heterocycles. The van der Waals surface area contributed by atoms with Crippen molar-refractivity contribution in [3.63, 3.8) is 0 Å². The Labute approximate surface area is 164 Å². The number of carbonyl (C=O) groups excluding carboxylic acids is 1. The lowest BCUT2D eigenvalue weighted by molar-refractivity contribution is 0.0746. The smallest absolute Gasteiger partial charge is 0.253 e. The van der Waals surface area contributed by atoms with Crippen molar-refractivity contribution in [2.45, 2.75) is 13.3 Å². The van der Waals surface area contributed by atoms with Crippen LogP contribution in [-0.4, -0.2) is 56.9 Å². The Morgan fingerprint density at radius 1 is 1.00 bits per heavy atom. The molecule has 7 nitrogen and oxygen atoms in total. The summed E-state index contributed by atoms with van der Waals surface area (Å²) in [5.74, 6) is 0.995. The maximum Gasteiger partial charge on any atom is 0.253 e. The van der Waals surface area contributed by atoms with E-state index in [0.717, 1.165) is 42.3 Å². The summed E-state index contributed by atoms with van der Waals surface area (Å²) in [6.07, 6.45) is 7.52. The van der Waals surface area contributed by atoms with Gasteiger partial charge in [0.2, 0.25) is 0 Å². The summed E-state index contributed by atoms with van der Waals surface area (Å²) in [4.78, 5) is 34.0. The Balaban J connectivity index is 1.40. The quantitative estimate of drug-likeness (QED) is 0.698. The van der Waals surface area contributed by atoms with Crippen LogP contribution < -0.4 is 4.90 Å². The predicted molar refractivity (Wildman–Crippen MR) is 107 cm³/mol. The normalized spacial score (nSPS) is 14.2. The van der Waals surface area contributed by atoms with Crippen molar-refractivity contribution >= 4 is 11.7 Å². The number of aromatic nitrogens is 4. The molecule has 0 saturated carbocycles. The van der Waals surface area contributed by atoms with Gasteiger partial charge in [-0.2, -0.15) is 0 Å². The number of hydrogen-bond acceptors (Lipinski definition) is 6. The zero-order valence-electron chi connectivity index (χ0n) is 15.8. The monoisotopic (exact) mass is 374 g/mol. The lowest BCUT2D eigenvalue weighted by Gasteiger charge is -2.35. The molecule has 0 unspecified atom stereocenters. The van der Waals surface area contributed by atoms with Crippen LogP contribution in [0.25, 0.3) is 11.3 Å². The van der Waals surface area contributed by atoms with E-state index < -0.39 is 0 Å². The lowest BCUT2D eigenvalue weighted by Crippen LogP contribution is -2.49. The van der Waals surface area contributed by atoms with E-state index in [2.05, 4.69) is 31.8 Å². The number of amides is 1. The van der Waals surface area contributed by atoms with Crippen LogP contribution in [0.3, 0.4) is 0 Å². The van der Waals surface area contributed by atoms with Crippen molar-refractivity contribution in [1.29, 1.82) is 0 Å². The number of piperazine rings is 1. The van der Waals surface area contributed by atoms with Crippen LogP contribution in [0.1, 0.15) is 23.0 Å². The molecule has 1 aliphatic heterocycles. The number of benzene rings is 1. The van der Waals surface area contributed by atoms with E-state index in [1.807, 2.05) is 35.2 Å². The number of hydrogen-bond donors (Lipinski definition) is 0. The number of nitrogens with zero attached hydrogens (tertiary/aromatic N) is 6. The lowest BCUT2D eigenvalue weighted by atomic mass is 10.1. The molecule has 0 bridgehead atoms. The molecule has 1 amide bonds. The molecule has 0 spiro atoms. The van der Waals surface area contributed by atoms with Gasteiger partial charge in [-0.1, -0.05) is 19.1 Å².